The fourth-order valence-electron chi connectivity index (χ4n) is 6.40. The molecule has 2 saturated carbocycles. The summed E-state index contributed by atoms with van der Waals surface area (Å²) in [5, 5.41) is 1.70. The fourth-order valence-corrected chi connectivity index (χ4v) is 8.93. The summed E-state index contributed by atoms with van der Waals surface area (Å²) in [7, 11) is -2.27. The Labute approximate surface area is 243 Å². The third kappa shape index (κ3) is 6.89. The molecular formula is C31H45N2O7P. The van der Waals surface area contributed by atoms with Crippen molar-refractivity contribution >= 4 is 25.2 Å². The molecule has 1 heterocycles. The number of likely N-dealkylation sites (tertiary alicyclic amines) is 1. The summed E-state index contributed by atoms with van der Waals surface area (Å²) < 4.78 is 24.6. The van der Waals surface area contributed by atoms with E-state index in [1.54, 1.807) is 42.4 Å². The second-order valence-electron chi connectivity index (χ2n) is 12.9. The molecular weight excluding hydrogens is 543 g/mol. The predicted octanol–water partition coefficient (Wildman–Crippen LogP) is 5.44. The van der Waals surface area contributed by atoms with Gasteiger partial charge in [0.15, 0.2) is 5.78 Å². The number of nitrogens with zero attached hydrogens (tertiary/aromatic N) is 1. The Kier molecular flexibility index (Phi) is 9.39. The Balaban J connectivity index is 1.47. The molecule has 2 amide bonds. The zero-order valence-corrected chi connectivity index (χ0v) is 25.7. The third-order valence-electron chi connectivity index (χ3n) is 8.98. The maximum atomic E-state index is 13.8. The van der Waals surface area contributed by atoms with E-state index in [1.165, 1.54) is 0 Å². The van der Waals surface area contributed by atoms with Crippen molar-refractivity contribution in [1.82, 2.24) is 10.2 Å². The maximum Gasteiger partial charge on any atom is 0.408 e. The average Bonchev–Trinajstić information content (AvgIpc) is 3.24. The summed E-state index contributed by atoms with van der Waals surface area (Å²) in [6.45, 7) is 9.84. The molecule has 0 radical (unpaired) electrons. The Bertz CT molecular complexity index is 1190. The number of rotatable bonds is 11. The standard InChI is InChI=1S/C31H45N2O7P/c1-6-22-18-31(22,41(37,38)20-21-13-15-23(39-5)16-14-21)19-26(34)25-12-9-17-33(25)28(35)27(30(2,3)4)32-29(36)40-24-10-7-8-11-24/h6,13-16,22,24-25,27H,1,7-12,17-20H2,2-5H3,(H,32,36)(H,37,38)/t22-,25+,27-,31-/m1/s1. The van der Waals surface area contributed by atoms with Crippen LogP contribution in [-0.4, -0.2) is 64.6 Å². The van der Waals surface area contributed by atoms with Gasteiger partial charge in [0.25, 0.3) is 0 Å². The highest BCUT2D eigenvalue weighted by Gasteiger charge is 2.65. The van der Waals surface area contributed by atoms with E-state index < -0.39 is 36.1 Å². The van der Waals surface area contributed by atoms with E-state index in [0.29, 0.717) is 37.1 Å². The number of carbonyl (C=O) groups is 3. The van der Waals surface area contributed by atoms with E-state index in [9.17, 15) is 23.8 Å². The van der Waals surface area contributed by atoms with Crippen LogP contribution in [0.2, 0.25) is 0 Å². The van der Waals surface area contributed by atoms with Crippen LogP contribution in [0, 0.1) is 11.3 Å². The van der Waals surface area contributed by atoms with Crippen LogP contribution in [0.1, 0.15) is 77.7 Å². The van der Waals surface area contributed by atoms with Gasteiger partial charge in [-0.15, -0.1) is 6.58 Å². The van der Waals surface area contributed by atoms with Gasteiger partial charge >= 0.3 is 6.09 Å². The third-order valence-corrected chi connectivity index (χ3v) is 11.8. The first-order chi connectivity index (χ1) is 19.3. The monoisotopic (exact) mass is 588 g/mol. The van der Waals surface area contributed by atoms with Crippen molar-refractivity contribution in [1.29, 1.82) is 0 Å². The minimum atomic E-state index is -3.83. The van der Waals surface area contributed by atoms with Crippen molar-refractivity contribution < 1.29 is 33.3 Å². The second kappa shape index (κ2) is 12.3. The molecule has 1 aromatic rings. The molecule has 9 nitrogen and oxygen atoms in total. The first-order valence-electron chi connectivity index (χ1n) is 14.7. The highest BCUT2D eigenvalue weighted by molar-refractivity contribution is 7.59. The number of allylic oxidation sites excluding steroid dienone is 1. The molecule has 1 unspecified atom stereocenters. The molecule has 5 atom stereocenters. The van der Waals surface area contributed by atoms with Crippen molar-refractivity contribution in [2.24, 2.45) is 11.3 Å². The van der Waals surface area contributed by atoms with Gasteiger partial charge in [-0.05, 0) is 74.0 Å². The van der Waals surface area contributed by atoms with Gasteiger partial charge in [-0.3, -0.25) is 14.2 Å². The molecule has 10 heteroatoms. The maximum absolute atomic E-state index is 13.8. The Morgan fingerprint density at radius 3 is 2.39 bits per heavy atom. The molecule has 41 heavy (non-hydrogen) atoms. The lowest BCUT2D eigenvalue weighted by molar-refractivity contribution is -0.141. The van der Waals surface area contributed by atoms with Crippen molar-refractivity contribution in [2.75, 3.05) is 13.7 Å². The number of nitrogens with one attached hydrogen (secondary N) is 1. The first kappa shape index (κ1) is 31.3. The molecule has 2 aliphatic carbocycles. The molecule has 226 valence electrons. The summed E-state index contributed by atoms with van der Waals surface area (Å²) >= 11 is 0. The molecule has 0 spiro atoms. The van der Waals surface area contributed by atoms with E-state index in [4.69, 9.17) is 9.47 Å². The second-order valence-corrected chi connectivity index (χ2v) is 15.6. The highest BCUT2D eigenvalue weighted by Crippen LogP contribution is 2.74. The summed E-state index contributed by atoms with van der Waals surface area (Å²) in [5.41, 5.74) is 0.0756. The lowest BCUT2D eigenvalue weighted by atomic mass is 9.85. The molecule has 3 fully saturated rings. The number of hydrogen-bond donors (Lipinski definition) is 2. The number of methoxy groups -OCH3 is 1. The van der Waals surface area contributed by atoms with Crippen LogP contribution in [0.3, 0.4) is 0 Å². The molecule has 1 aromatic carbocycles. The molecule has 2 N–H and O–H groups in total. The zero-order chi connectivity index (χ0) is 30.0. The van der Waals surface area contributed by atoms with Crippen molar-refractivity contribution in [2.45, 2.75) is 102 Å². The minimum Gasteiger partial charge on any atom is -0.497 e. The number of benzene rings is 1. The Hall–Kier alpha value is -2.64. The molecule has 0 bridgehead atoms. The molecule has 1 saturated heterocycles. The van der Waals surface area contributed by atoms with E-state index in [-0.39, 0.29) is 36.3 Å². The zero-order valence-electron chi connectivity index (χ0n) is 24.8. The Morgan fingerprint density at radius 1 is 1.17 bits per heavy atom. The first-order valence-corrected chi connectivity index (χ1v) is 16.5. The SMILES string of the molecule is C=C[C@@H]1C[C@]1(CC(=O)[C@@H]1CCCN1C(=O)[C@@H](NC(=O)OC1CCCC1)C(C)(C)C)P(=O)(O)Cc1ccc(OC)cc1. The molecule has 1 aliphatic heterocycles. The van der Waals surface area contributed by atoms with E-state index >= 15 is 0 Å². The highest BCUT2D eigenvalue weighted by atomic mass is 31.2. The minimum absolute atomic E-state index is 0.0545. The van der Waals surface area contributed by atoms with Crippen LogP contribution in [0.4, 0.5) is 4.79 Å². The summed E-state index contributed by atoms with van der Waals surface area (Å²) in [6.07, 6.45) is 5.99. The van der Waals surface area contributed by atoms with Gasteiger partial charge in [0.1, 0.15) is 17.9 Å². The fraction of sp³-hybridized carbons (Fsp3) is 0.645. The lowest BCUT2D eigenvalue weighted by Gasteiger charge is -2.35. The summed E-state index contributed by atoms with van der Waals surface area (Å²) in [6, 6.07) is 5.43. The molecule has 3 aliphatic rings. The quantitative estimate of drug-likeness (QED) is 0.261. The van der Waals surface area contributed by atoms with Crippen LogP contribution < -0.4 is 10.1 Å². The number of ketones is 1. The van der Waals surface area contributed by atoms with Gasteiger partial charge in [0.05, 0.1) is 24.5 Å². The van der Waals surface area contributed by atoms with Crippen molar-refractivity contribution in [3.63, 3.8) is 0 Å². The van der Waals surface area contributed by atoms with Gasteiger partial charge < -0.3 is 24.6 Å². The van der Waals surface area contributed by atoms with Crippen molar-refractivity contribution in [3.8, 4) is 5.75 Å². The predicted molar refractivity (Wildman–Crippen MR) is 157 cm³/mol. The molecule has 0 aromatic heterocycles. The van der Waals surface area contributed by atoms with Gasteiger partial charge in [-0.25, -0.2) is 4.79 Å². The average molecular weight is 589 g/mol. The van der Waals surface area contributed by atoms with Crippen molar-refractivity contribution in [3.05, 3.63) is 42.5 Å². The van der Waals surface area contributed by atoms with E-state index in [2.05, 4.69) is 11.9 Å². The summed E-state index contributed by atoms with van der Waals surface area (Å²) in [5.74, 6) is -0.138. The van der Waals surface area contributed by atoms with E-state index in [0.717, 1.165) is 25.7 Å². The summed E-state index contributed by atoms with van der Waals surface area (Å²) in [4.78, 5) is 53.2. The van der Waals surface area contributed by atoms with Crippen LogP contribution >= 0.6 is 7.37 Å². The topological polar surface area (TPSA) is 122 Å². The van der Waals surface area contributed by atoms with Gasteiger partial charge in [0.2, 0.25) is 13.3 Å². The number of Topliss-reactive ketones (excluding diaryl/α,β-unsaturated/α-hetero) is 1. The number of alkyl carbamates (subject to hydrolysis) is 1. The number of amides is 2. The van der Waals surface area contributed by atoms with Gasteiger partial charge in [-0.1, -0.05) is 39.0 Å². The van der Waals surface area contributed by atoms with Gasteiger partial charge in [0, 0.05) is 13.0 Å². The van der Waals surface area contributed by atoms with Gasteiger partial charge in [-0.2, -0.15) is 0 Å². The number of hydrogen-bond acceptors (Lipinski definition) is 6. The van der Waals surface area contributed by atoms with Crippen LogP contribution in [-0.2, 0) is 25.1 Å². The van der Waals surface area contributed by atoms with E-state index in [1.807, 2.05) is 20.8 Å². The molecule has 4 rings (SSSR count). The number of ether oxygens (including phenoxy) is 2. The lowest BCUT2D eigenvalue weighted by Crippen LogP contribution is -2.57. The Morgan fingerprint density at radius 2 is 1.83 bits per heavy atom. The number of carbonyl (C=O) groups excluding carboxylic acids is 3. The van der Waals surface area contributed by atoms with Crippen LogP contribution in [0.15, 0.2) is 36.9 Å². The smallest absolute Gasteiger partial charge is 0.408 e. The van der Waals surface area contributed by atoms with Crippen LogP contribution in [0.25, 0.3) is 0 Å². The normalized spacial score (nSPS) is 26.6. The largest absolute Gasteiger partial charge is 0.497 e. The van der Waals surface area contributed by atoms with Crippen LogP contribution in [0.5, 0.6) is 5.75 Å².